The molecule has 2 aromatic rings. The number of amides is 1. The van der Waals surface area contributed by atoms with Gasteiger partial charge in [0.15, 0.2) is 5.78 Å². The number of hydrogen-bond acceptors (Lipinski definition) is 6. The maximum atomic E-state index is 12.2. The number of sulfonamides is 1. The molecule has 8 nitrogen and oxygen atoms in total. The molecule has 5 N–H and O–H groups in total. The van der Waals surface area contributed by atoms with Crippen molar-refractivity contribution in [2.75, 3.05) is 24.1 Å². The van der Waals surface area contributed by atoms with Gasteiger partial charge in [-0.05, 0) is 48.5 Å². The van der Waals surface area contributed by atoms with Crippen molar-refractivity contribution < 1.29 is 23.1 Å². The number of aliphatic hydroxyl groups excluding tert-OH is 1. The van der Waals surface area contributed by atoms with E-state index in [-0.39, 0.29) is 6.54 Å². The first-order valence-electron chi connectivity index (χ1n) is 8.56. The SMILES string of the molecule is CS(=O)(=O)Nc1ccc(C#Cc2ccc(C(=O)N[C@@H](CN)C(=O)CO)cc2)cc1. The predicted octanol–water partition coefficient (Wildman–Crippen LogP) is 0.0764. The Bertz CT molecular complexity index is 1040. The minimum Gasteiger partial charge on any atom is -0.388 e. The first-order valence-corrected chi connectivity index (χ1v) is 10.5. The fraction of sp³-hybridized carbons (Fsp3) is 0.200. The van der Waals surface area contributed by atoms with Gasteiger partial charge < -0.3 is 16.2 Å². The molecule has 0 saturated heterocycles. The minimum absolute atomic E-state index is 0.104. The monoisotopic (exact) mass is 415 g/mol. The van der Waals surface area contributed by atoms with Gasteiger partial charge in [-0.3, -0.25) is 14.3 Å². The van der Waals surface area contributed by atoms with Crippen LogP contribution in [0.3, 0.4) is 0 Å². The number of carbonyl (C=O) groups is 2. The van der Waals surface area contributed by atoms with E-state index in [0.717, 1.165) is 6.26 Å². The molecule has 0 heterocycles. The van der Waals surface area contributed by atoms with Crippen molar-refractivity contribution in [3.63, 3.8) is 0 Å². The van der Waals surface area contributed by atoms with Crippen LogP contribution >= 0.6 is 0 Å². The molecule has 2 aromatic carbocycles. The third-order valence-corrected chi connectivity index (χ3v) is 4.38. The van der Waals surface area contributed by atoms with E-state index in [9.17, 15) is 18.0 Å². The topological polar surface area (TPSA) is 139 Å². The van der Waals surface area contributed by atoms with Crippen molar-refractivity contribution in [2.24, 2.45) is 5.73 Å². The van der Waals surface area contributed by atoms with Crippen molar-refractivity contribution >= 4 is 27.4 Å². The van der Waals surface area contributed by atoms with E-state index < -0.39 is 34.4 Å². The average molecular weight is 415 g/mol. The standard InChI is InChI=1S/C20H21N3O5S/c1-29(27,28)23-17-10-6-15(7-11-17)3-2-14-4-8-16(9-5-14)20(26)22-18(12-21)19(25)13-24/h4-11,18,23-24H,12-13,21H2,1H3,(H,22,26)/t18-/m0/s1. The summed E-state index contributed by atoms with van der Waals surface area (Å²) in [7, 11) is -3.33. The van der Waals surface area contributed by atoms with E-state index >= 15 is 0 Å². The minimum atomic E-state index is -3.33. The molecule has 0 radical (unpaired) electrons. The molecule has 2 rings (SSSR count). The quantitative estimate of drug-likeness (QED) is 0.472. The second-order valence-corrected chi connectivity index (χ2v) is 7.91. The summed E-state index contributed by atoms with van der Waals surface area (Å²) < 4.78 is 24.8. The molecule has 0 fully saturated rings. The molecule has 0 aliphatic heterocycles. The molecule has 0 aromatic heterocycles. The molecule has 0 spiro atoms. The smallest absolute Gasteiger partial charge is 0.251 e. The summed E-state index contributed by atoms with van der Waals surface area (Å²) in [6.07, 6.45) is 1.07. The highest BCUT2D eigenvalue weighted by molar-refractivity contribution is 7.92. The summed E-state index contributed by atoms with van der Waals surface area (Å²) in [6.45, 7) is -0.796. The molecule has 152 valence electrons. The van der Waals surface area contributed by atoms with Gasteiger partial charge >= 0.3 is 0 Å². The summed E-state index contributed by atoms with van der Waals surface area (Å²) in [4.78, 5) is 23.6. The molecular weight excluding hydrogens is 394 g/mol. The molecule has 1 amide bonds. The number of ketones is 1. The molecule has 0 saturated carbocycles. The number of anilines is 1. The van der Waals surface area contributed by atoms with Crippen molar-refractivity contribution in [1.29, 1.82) is 0 Å². The molecule has 9 heteroatoms. The second kappa shape index (κ2) is 9.84. The summed E-state index contributed by atoms with van der Waals surface area (Å²) in [5.74, 6) is 4.86. The van der Waals surface area contributed by atoms with Crippen molar-refractivity contribution in [1.82, 2.24) is 5.32 Å². The Balaban J connectivity index is 2.04. The van der Waals surface area contributed by atoms with Gasteiger partial charge in [-0.25, -0.2) is 8.42 Å². The highest BCUT2D eigenvalue weighted by Crippen LogP contribution is 2.10. The van der Waals surface area contributed by atoms with E-state index in [4.69, 9.17) is 10.8 Å². The summed E-state index contributed by atoms with van der Waals surface area (Å²) >= 11 is 0. The van der Waals surface area contributed by atoms with E-state index in [1.54, 1.807) is 48.5 Å². The van der Waals surface area contributed by atoms with Crippen molar-refractivity contribution in [2.45, 2.75) is 6.04 Å². The van der Waals surface area contributed by atoms with Gasteiger partial charge in [0.2, 0.25) is 10.0 Å². The Labute approximate surface area is 169 Å². The van der Waals surface area contributed by atoms with Crippen molar-refractivity contribution in [3.05, 3.63) is 65.2 Å². The number of rotatable bonds is 7. The number of Topliss-reactive ketones (excluding diaryl/α,β-unsaturated/α-hetero) is 1. The fourth-order valence-electron chi connectivity index (χ4n) is 2.31. The lowest BCUT2D eigenvalue weighted by atomic mass is 10.1. The van der Waals surface area contributed by atoms with Gasteiger partial charge in [0, 0.05) is 28.9 Å². The number of aliphatic hydroxyl groups is 1. The van der Waals surface area contributed by atoms with Gasteiger partial charge in [0.05, 0.1) is 6.26 Å². The van der Waals surface area contributed by atoms with Gasteiger partial charge in [-0.2, -0.15) is 0 Å². The van der Waals surface area contributed by atoms with E-state index in [2.05, 4.69) is 21.9 Å². The van der Waals surface area contributed by atoms with E-state index in [1.807, 2.05) is 0 Å². The van der Waals surface area contributed by atoms with Gasteiger partial charge in [0.1, 0.15) is 12.6 Å². The lowest BCUT2D eigenvalue weighted by molar-refractivity contribution is -0.123. The number of hydrogen-bond donors (Lipinski definition) is 4. The number of benzene rings is 2. The summed E-state index contributed by atoms with van der Waals surface area (Å²) in [6, 6.07) is 12.1. The Morgan fingerprint density at radius 1 is 1.03 bits per heavy atom. The van der Waals surface area contributed by atoms with Crippen LogP contribution in [0.25, 0.3) is 0 Å². The molecule has 1 atom stereocenters. The largest absolute Gasteiger partial charge is 0.388 e. The first-order chi connectivity index (χ1) is 13.7. The van der Waals surface area contributed by atoms with Crippen LogP contribution in [0.5, 0.6) is 0 Å². The van der Waals surface area contributed by atoms with Crippen LogP contribution < -0.4 is 15.8 Å². The van der Waals surface area contributed by atoms with Gasteiger partial charge in [0.25, 0.3) is 5.91 Å². The molecule has 0 aliphatic carbocycles. The maximum Gasteiger partial charge on any atom is 0.251 e. The molecular formula is C20H21N3O5S. The zero-order chi connectivity index (χ0) is 21.4. The molecule has 0 bridgehead atoms. The van der Waals surface area contributed by atoms with Crippen LogP contribution in [0, 0.1) is 11.8 Å². The number of nitrogens with one attached hydrogen (secondary N) is 2. The Morgan fingerprint density at radius 2 is 1.55 bits per heavy atom. The van der Waals surface area contributed by atoms with Crippen molar-refractivity contribution in [3.8, 4) is 11.8 Å². The first kappa shape index (κ1) is 22.1. The second-order valence-electron chi connectivity index (χ2n) is 6.17. The fourth-order valence-corrected chi connectivity index (χ4v) is 2.87. The van der Waals surface area contributed by atoms with Gasteiger partial charge in [-0.1, -0.05) is 11.8 Å². The number of nitrogens with two attached hydrogens (primary N) is 1. The zero-order valence-corrected chi connectivity index (χ0v) is 16.5. The third kappa shape index (κ3) is 7.04. The lowest BCUT2D eigenvalue weighted by Crippen LogP contribution is -2.46. The lowest BCUT2D eigenvalue weighted by Gasteiger charge is -2.14. The molecule has 0 unspecified atom stereocenters. The molecule has 0 aliphatic rings. The van der Waals surface area contributed by atoms with Crippen LogP contribution in [-0.2, 0) is 14.8 Å². The van der Waals surface area contributed by atoms with Crippen LogP contribution in [0.2, 0.25) is 0 Å². The normalized spacial score (nSPS) is 11.7. The Hall–Kier alpha value is -3.19. The average Bonchev–Trinajstić information content (AvgIpc) is 2.70. The van der Waals surface area contributed by atoms with Crippen LogP contribution in [0.15, 0.2) is 48.5 Å². The Morgan fingerprint density at radius 3 is 2.00 bits per heavy atom. The van der Waals surface area contributed by atoms with Crippen LogP contribution in [0.1, 0.15) is 21.5 Å². The van der Waals surface area contributed by atoms with Gasteiger partial charge in [-0.15, -0.1) is 0 Å². The predicted molar refractivity (Wildman–Crippen MR) is 110 cm³/mol. The third-order valence-electron chi connectivity index (χ3n) is 3.77. The van der Waals surface area contributed by atoms with Crippen LogP contribution in [-0.4, -0.2) is 50.7 Å². The highest BCUT2D eigenvalue weighted by Gasteiger charge is 2.18. The zero-order valence-electron chi connectivity index (χ0n) is 15.7. The Kier molecular flexibility index (Phi) is 7.50. The number of carbonyl (C=O) groups excluding carboxylic acids is 2. The molecule has 29 heavy (non-hydrogen) atoms. The summed E-state index contributed by atoms with van der Waals surface area (Å²) in [5, 5.41) is 11.3. The highest BCUT2D eigenvalue weighted by atomic mass is 32.2. The van der Waals surface area contributed by atoms with Crippen LogP contribution in [0.4, 0.5) is 5.69 Å². The summed E-state index contributed by atoms with van der Waals surface area (Å²) in [5.41, 5.74) is 7.57. The maximum absolute atomic E-state index is 12.2. The van der Waals surface area contributed by atoms with E-state index in [1.165, 1.54) is 0 Å². The van der Waals surface area contributed by atoms with E-state index in [0.29, 0.717) is 22.4 Å².